The highest BCUT2D eigenvalue weighted by Gasteiger charge is 2.55. The lowest BCUT2D eigenvalue weighted by Crippen LogP contribution is -2.72. The lowest BCUT2D eigenvalue weighted by molar-refractivity contribution is -0.913. The third kappa shape index (κ3) is 7.00. The number of benzene rings is 1. The van der Waals surface area contributed by atoms with Crippen LogP contribution in [0.1, 0.15) is 39.3 Å². The molecule has 0 bridgehead atoms. The summed E-state index contributed by atoms with van der Waals surface area (Å²) in [4.78, 5) is 88.8. The summed E-state index contributed by atoms with van der Waals surface area (Å²) in [6, 6.07) is -0.126. The Morgan fingerprint density at radius 1 is 1.22 bits per heavy atom. The molecule has 2 amide bonds. The van der Waals surface area contributed by atoms with Crippen LogP contribution in [-0.2, 0) is 37.6 Å². The molecule has 1 aromatic carbocycles. The van der Waals surface area contributed by atoms with Crippen LogP contribution < -0.4 is 27.4 Å². The quantitative estimate of drug-likeness (QED) is 0.0507. The van der Waals surface area contributed by atoms with Gasteiger partial charge in [-0.05, 0) is 20.8 Å². The van der Waals surface area contributed by atoms with E-state index in [1.807, 2.05) is 0 Å². The first-order chi connectivity index (χ1) is 25.8. The van der Waals surface area contributed by atoms with E-state index in [9.17, 15) is 49.2 Å². The number of anilines is 1. The molecule has 0 aliphatic carbocycles. The molecular formula is C33H37ClN8O11S2. The van der Waals surface area contributed by atoms with E-state index in [4.69, 9.17) is 22.2 Å². The molecule has 3 atom stereocenters. The van der Waals surface area contributed by atoms with Crippen LogP contribution in [0.3, 0.4) is 0 Å². The standard InChI is InChI=1S/C33H37ClN8O11S2/c1-14-15(12-42(8-5-6-9-42)10-7-40-26(46)19-17(39(4)32(40)52)11-18(43)24(44)20(19)34)23(29(48)49)41-27(47)22(28(41)55-14)37-25(45)21(16-13-54-31(35)36-16)38-53-33(2,3)30(50)51/h11,13-14,22,28H,5-10,12H2,1-4H3,(H6-,35,36,37,38,43,44,45,46,48,49,50,51)/t14-,22+,28+/m0/s1. The SMILES string of the molecule is C[C@@H]1S[C@@H]2[C@H](NC(=O)C(=NOC(C)(C)C(=O)O)c3csc(N)n3)C(=O)N2C(C(=O)[O-])=C1C[N+]1(CCn2c(=O)c3c(Cl)c(O)c(O)cc3n(C)c2=O)CCCC1. The number of hydrogen-bond acceptors (Lipinski definition) is 15. The van der Waals surface area contributed by atoms with Crippen LogP contribution in [0.25, 0.3) is 10.9 Å². The van der Waals surface area contributed by atoms with E-state index in [1.54, 1.807) is 6.92 Å². The van der Waals surface area contributed by atoms with E-state index in [0.717, 1.165) is 44.3 Å². The summed E-state index contributed by atoms with van der Waals surface area (Å²) in [5.74, 6) is -5.91. The highest BCUT2D eigenvalue weighted by molar-refractivity contribution is 8.00. The van der Waals surface area contributed by atoms with Crippen molar-refractivity contribution in [3.63, 3.8) is 0 Å². The third-order valence-corrected chi connectivity index (χ3v) is 12.6. The van der Waals surface area contributed by atoms with E-state index in [-0.39, 0.29) is 51.5 Å². The molecule has 0 radical (unpaired) electrons. The Labute approximate surface area is 324 Å². The van der Waals surface area contributed by atoms with Crippen LogP contribution >= 0.6 is 34.7 Å². The van der Waals surface area contributed by atoms with Crippen LogP contribution in [0.4, 0.5) is 5.13 Å². The van der Waals surface area contributed by atoms with E-state index >= 15 is 0 Å². The van der Waals surface area contributed by atoms with E-state index in [2.05, 4.69) is 15.5 Å². The van der Waals surface area contributed by atoms with Crippen molar-refractivity contribution in [1.29, 1.82) is 0 Å². The first-order valence-electron chi connectivity index (χ1n) is 16.9. The van der Waals surface area contributed by atoms with Crippen LogP contribution in [0, 0.1) is 0 Å². The molecule has 19 nitrogen and oxygen atoms in total. The molecule has 0 unspecified atom stereocenters. The summed E-state index contributed by atoms with van der Waals surface area (Å²) in [5.41, 5.74) is 2.10. The number of nitrogen functional groups attached to an aromatic ring is 1. The Balaban J connectivity index is 1.27. The number of β-lactam (4-membered cyclic amide) rings is 1. The van der Waals surface area contributed by atoms with E-state index in [1.165, 1.54) is 38.0 Å². The first kappa shape index (κ1) is 39.6. The lowest BCUT2D eigenvalue weighted by atomic mass is 9.99. The summed E-state index contributed by atoms with van der Waals surface area (Å²) >= 11 is 8.47. The second kappa shape index (κ2) is 14.5. The average Bonchev–Trinajstić information content (AvgIpc) is 3.77. The number of aromatic hydroxyl groups is 2. The van der Waals surface area contributed by atoms with Gasteiger partial charge >= 0.3 is 11.7 Å². The maximum Gasteiger partial charge on any atom is 0.350 e. The van der Waals surface area contributed by atoms with Crippen molar-refractivity contribution in [1.82, 2.24) is 24.3 Å². The molecule has 0 spiro atoms. The number of carboxylic acids is 2. The number of oxime groups is 1. The number of carbonyl (C=O) groups excluding carboxylic acids is 3. The van der Waals surface area contributed by atoms with Gasteiger partial charge in [0, 0.05) is 42.2 Å². The number of fused-ring (bicyclic) bond motifs is 2. The summed E-state index contributed by atoms with van der Waals surface area (Å²) in [7, 11) is 1.40. The number of carboxylic acid groups (broad SMARTS) is 2. The maximum absolute atomic E-state index is 13.6. The fourth-order valence-corrected chi connectivity index (χ4v) is 9.24. The predicted molar refractivity (Wildman–Crippen MR) is 198 cm³/mol. The van der Waals surface area contributed by atoms with Crippen molar-refractivity contribution in [3.05, 3.63) is 54.3 Å². The average molecular weight is 821 g/mol. The molecule has 6 N–H and O–H groups in total. The van der Waals surface area contributed by atoms with Crippen molar-refractivity contribution in [2.45, 2.75) is 62.4 Å². The zero-order valence-corrected chi connectivity index (χ0v) is 32.3. The highest BCUT2D eigenvalue weighted by Crippen LogP contribution is 2.45. The van der Waals surface area contributed by atoms with Crippen LogP contribution in [0.5, 0.6) is 11.5 Å². The van der Waals surface area contributed by atoms with Gasteiger partial charge in [-0.3, -0.25) is 28.4 Å². The van der Waals surface area contributed by atoms with Gasteiger partial charge < -0.3 is 45.6 Å². The van der Waals surface area contributed by atoms with Crippen molar-refractivity contribution in [2.75, 3.05) is 31.9 Å². The molecule has 2 aromatic heterocycles. The molecule has 5 heterocycles. The lowest BCUT2D eigenvalue weighted by Gasteiger charge is -2.53. The van der Waals surface area contributed by atoms with Gasteiger partial charge in [-0.25, -0.2) is 14.6 Å². The number of nitrogens with two attached hydrogens (primary N) is 1. The molecule has 2 fully saturated rings. The minimum atomic E-state index is -1.83. The van der Waals surface area contributed by atoms with Gasteiger partial charge in [-0.2, -0.15) is 0 Å². The number of rotatable bonds is 12. The Hall–Kier alpha value is -5.12. The summed E-state index contributed by atoms with van der Waals surface area (Å²) < 4.78 is 2.42. The monoisotopic (exact) mass is 820 g/mol. The number of phenols is 2. The second-order valence-electron chi connectivity index (χ2n) is 14.0. The number of aliphatic carboxylic acids is 2. The predicted octanol–water partition coefficient (Wildman–Crippen LogP) is -0.509. The Bertz CT molecular complexity index is 2330. The van der Waals surface area contributed by atoms with E-state index in [0.29, 0.717) is 18.7 Å². The van der Waals surface area contributed by atoms with Crippen LogP contribution in [0.2, 0.25) is 5.02 Å². The largest absolute Gasteiger partial charge is 0.543 e. The Morgan fingerprint density at radius 2 is 1.89 bits per heavy atom. The summed E-state index contributed by atoms with van der Waals surface area (Å²) in [6.07, 6.45) is 1.56. The highest BCUT2D eigenvalue weighted by atomic mass is 35.5. The number of hydrogen-bond donors (Lipinski definition) is 5. The topological polar surface area (TPSA) is 272 Å². The molecule has 3 aliphatic rings. The zero-order valence-electron chi connectivity index (χ0n) is 29.9. The number of nitrogens with one attached hydrogen (secondary N) is 1. The Kier molecular flexibility index (Phi) is 10.4. The number of nitrogens with zero attached hydrogens (tertiary/aromatic N) is 6. The molecule has 0 saturated carbocycles. The van der Waals surface area contributed by atoms with Gasteiger partial charge in [0.05, 0.1) is 48.7 Å². The minimum absolute atomic E-state index is 0.0310. The van der Waals surface area contributed by atoms with Gasteiger partial charge in [-0.15, -0.1) is 23.1 Å². The number of amides is 2. The smallest absolute Gasteiger partial charge is 0.350 e. The number of aromatic nitrogens is 3. The fraction of sp³-hybridized carbons (Fsp3) is 0.455. The molecular weight excluding hydrogens is 784 g/mol. The van der Waals surface area contributed by atoms with Crippen molar-refractivity contribution >= 4 is 80.2 Å². The fourth-order valence-electron chi connectivity index (χ4n) is 6.98. The summed E-state index contributed by atoms with van der Waals surface area (Å²) in [5, 5.41) is 48.4. The molecule has 2 saturated heterocycles. The maximum atomic E-state index is 13.6. The number of carbonyl (C=O) groups is 4. The number of phenolic OH excluding ortho intramolecular Hbond substituents is 2. The Morgan fingerprint density at radius 3 is 2.49 bits per heavy atom. The molecule has 6 rings (SSSR count). The van der Waals surface area contributed by atoms with Gasteiger partial charge in [0.25, 0.3) is 17.4 Å². The molecule has 3 aliphatic heterocycles. The van der Waals surface area contributed by atoms with E-state index < -0.39 is 79.5 Å². The number of likely N-dealkylation sites (tertiary alicyclic amines) is 1. The molecule has 55 heavy (non-hydrogen) atoms. The third-order valence-electron chi connectivity index (χ3n) is 10.1. The zero-order chi connectivity index (χ0) is 40.3. The normalized spacial score (nSPS) is 21.0. The first-order valence-corrected chi connectivity index (χ1v) is 19.1. The van der Waals surface area contributed by atoms with Gasteiger partial charge in [-0.1, -0.05) is 16.8 Å². The number of quaternary nitrogens is 1. The number of thiazole rings is 1. The van der Waals surface area contributed by atoms with Crippen molar-refractivity contribution in [3.8, 4) is 11.5 Å². The van der Waals surface area contributed by atoms with Crippen LogP contribution in [0.15, 0.2) is 37.5 Å². The van der Waals surface area contributed by atoms with Gasteiger partial charge in [0.15, 0.2) is 22.3 Å². The molecule has 3 aromatic rings. The minimum Gasteiger partial charge on any atom is -0.543 e. The van der Waals surface area contributed by atoms with Gasteiger partial charge in [0.2, 0.25) is 5.60 Å². The van der Waals surface area contributed by atoms with Crippen LogP contribution in [-0.4, -0.2) is 117 Å². The number of halogens is 1. The van der Waals surface area contributed by atoms with Crippen molar-refractivity contribution < 1.29 is 48.9 Å². The van der Waals surface area contributed by atoms with Crippen molar-refractivity contribution in [2.24, 2.45) is 12.2 Å². The number of thioether (sulfide) groups is 1. The molecule has 22 heteroatoms. The molecule has 294 valence electrons. The summed E-state index contributed by atoms with van der Waals surface area (Å²) in [6.45, 7) is 5.67. The van der Waals surface area contributed by atoms with Gasteiger partial charge in [0.1, 0.15) is 28.7 Å². The number of aryl methyl sites for hydroxylation is 1. The second-order valence-corrected chi connectivity index (χ2v) is 16.8.